The Morgan fingerprint density at radius 3 is 2.53 bits per heavy atom. The molecule has 3 heteroatoms. The van der Waals surface area contributed by atoms with Crippen LogP contribution in [0.2, 0.25) is 0 Å². The Morgan fingerprint density at radius 1 is 1.41 bits per heavy atom. The van der Waals surface area contributed by atoms with Crippen LogP contribution in [-0.2, 0) is 16.1 Å². The number of benzene rings is 1. The van der Waals surface area contributed by atoms with Crippen molar-refractivity contribution in [2.24, 2.45) is 0 Å². The molecule has 17 heavy (non-hydrogen) atoms. The van der Waals surface area contributed by atoms with Crippen molar-refractivity contribution in [3.63, 3.8) is 0 Å². The third kappa shape index (κ3) is 4.41. The predicted octanol–water partition coefficient (Wildman–Crippen LogP) is 2.75. The number of aldehydes is 1. The Morgan fingerprint density at radius 2 is 2.06 bits per heavy atom. The fourth-order valence-corrected chi connectivity index (χ4v) is 1.42. The molecule has 3 nitrogen and oxygen atoms in total. The van der Waals surface area contributed by atoms with Gasteiger partial charge in [-0.1, -0.05) is 24.3 Å². The average Bonchev–Trinajstić information content (AvgIpc) is 2.34. The topological polar surface area (TPSA) is 35.5 Å². The van der Waals surface area contributed by atoms with E-state index in [0.717, 1.165) is 23.2 Å². The highest BCUT2D eigenvalue weighted by Gasteiger charge is 2.09. The Hall–Kier alpha value is -1.61. The monoisotopic (exact) mass is 234 g/mol. The minimum absolute atomic E-state index is 0.199. The average molecular weight is 234 g/mol. The number of hydrogen-bond acceptors (Lipinski definition) is 3. The highest BCUT2D eigenvalue weighted by atomic mass is 16.5. The van der Waals surface area contributed by atoms with E-state index in [9.17, 15) is 4.79 Å². The van der Waals surface area contributed by atoms with Crippen LogP contribution in [0.25, 0.3) is 0 Å². The molecule has 0 aromatic heterocycles. The molecule has 0 aliphatic heterocycles. The summed E-state index contributed by atoms with van der Waals surface area (Å²) in [5.41, 5.74) is 1.91. The molecule has 1 rings (SSSR count). The second-order valence-corrected chi connectivity index (χ2v) is 3.90. The molecule has 1 aromatic carbocycles. The molecule has 92 valence electrons. The number of carbonyl (C=O) groups excluding carboxylic acids is 1. The zero-order valence-corrected chi connectivity index (χ0v) is 10.3. The lowest BCUT2D eigenvalue weighted by molar-refractivity contribution is -0.110. The molecule has 0 bridgehead atoms. The summed E-state index contributed by atoms with van der Waals surface area (Å²) in [5, 5.41) is 0. The molecule has 0 heterocycles. The van der Waals surface area contributed by atoms with Gasteiger partial charge in [-0.15, -0.1) is 0 Å². The van der Waals surface area contributed by atoms with Gasteiger partial charge in [0.05, 0.1) is 19.8 Å². The molecule has 0 unspecified atom stereocenters. The lowest BCUT2D eigenvalue weighted by Crippen LogP contribution is -2.14. The number of ether oxygens (including phenoxy) is 2. The van der Waals surface area contributed by atoms with E-state index in [1.807, 2.05) is 31.2 Å². The minimum atomic E-state index is -0.199. The highest BCUT2D eigenvalue weighted by molar-refractivity contribution is 5.51. The smallest absolute Gasteiger partial charge is 0.122 e. The van der Waals surface area contributed by atoms with Crippen LogP contribution in [0.4, 0.5) is 0 Å². The van der Waals surface area contributed by atoms with Gasteiger partial charge in [0.15, 0.2) is 0 Å². The molecule has 0 saturated heterocycles. The van der Waals surface area contributed by atoms with E-state index in [2.05, 4.69) is 6.58 Å². The Bertz CT molecular complexity index is 368. The zero-order chi connectivity index (χ0) is 12.7. The van der Waals surface area contributed by atoms with Gasteiger partial charge in [-0.25, -0.2) is 0 Å². The van der Waals surface area contributed by atoms with Crippen molar-refractivity contribution < 1.29 is 14.3 Å². The predicted molar refractivity (Wildman–Crippen MR) is 67.1 cm³/mol. The lowest BCUT2D eigenvalue weighted by atomic mass is 10.1. The van der Waals surface area contributed by atoms with Gasteiger partial charge in [0.1, 0.15) is 12.0 Å². The number of rotatable bonds is 7. The molecule has 0 aliphatic carbocycles. The maximum Gasteiger partial charge on any atom is 0.122 e. The van der Waals surface area contributed by atoms with Crippen molar-refractivity contribution >= 4 is 6.29 Å². The maximum atomic E-state index is 10.5. The van der Waals surface area contributed by atoms with Crippen LogP contribution < -0.4 is 4.74 Å². The van der Waals surface area contributed by atoms with Crippen molar-refractivity contribution in [1.82, 2.24) is 0 Å². The summed E-state index contributed by atoms with van der Waals surface area (Å²) in [6.07, 6.45) is 1.01. The fraction of sp³-hybridized carbons (Fsp3) is 0.357. The fourth-order valence-electron chi connectivity index (χ4n) is 1.42. The lowest BCUT2D eigenvalue weighted by Gasteiger charge is -2.15. The van der Waals surface area contributed by atoms with Gasteiger partial charge in [-0.3, -0.25) is 0 Å². The second-order valence-electron chi connectivity index (χ2n) is 3.90. The molecule has 1 atom stereocenters. The third-order valence-corrected chi connectivity index (χ3v) is 2.47. The first-order chi connectivity index (χ1) is 8.17. The molecule has 0 spiro atoms. The van der Waals surface area contributed by atoms with Gasteiger partial charge in [0.25, 0.3) is 0 Å². The van der Waals surface area contributed by atoms with E-state index in [1.165, 1.54) is 0 Å². The molecule has 0 fully saturated rings. The van der Waals surface area contributed by atoms with Crippen LogP contribution in [0.3, 0.4) is 0 Å². The van der Waals surface area contributed by atoms with Gasteiger partial charge in [-0.05, 0) is 24.6 Å². The maximum absolute atomic E-state index is 10.5. The van der Waals surface area contributed by atoms with E-state index >= 15 is 0 Å². The molecule has 0 aliphatic rings. The van der Waals surface area contributed by atoms with Crippen LogP contribution in [0.15, 0.2) is 36.4 Å². The Balaban J connectivity index is 2.52. The Kier molecular flexibility index (Phi) is 5.43. The van der Waals surface area contributed by atoms with Crippen molar-refractivity contribution in [2.75, 3.05) is 7.11 Å². The largest absolute Gasteiger partial charge is 0.497 e. The summed E-state index contributed by atoms with van der Waals surface area (Å²) in [6.45, 7) is 6.14. The van der Waals surface area contributed by atoms with Gasteiger partial charge < -0.3 is 14.3 Å². The summed E-state index contributed by atoms with van der Waals surface area (Å²) in [7, 11) is 1.63. The van der Waals surface area contributed by atoms with Crippen molar-refractivity contribution in [3.05, 3.63) is 42.0 Å². The number of hydrogen-bond donors (Lipinski definition) is 0. The molecular formula is C14H18O3. The summed E-state index contributed by atoms with van der Waals surface area (Å²) >= 11 is 0. The van der Waals surface area contributed by atoms with Gasteiger partial charge in [0.2, 0.25) is 0 Å². The van der Waals surface area contributed by atoms with E-state index in [0.29, 0.717) is 13.0 Å². The molecule has 1 aromatic rings. The van der Waals surface area contributed by atoms with E-state index in [4.69, 9.17) is 9.47 Å². The summed E-state index contributed by atoms with van der Waals surface area (Å²) < 4.78 is 10.7. The molecule has 0 saturated carbocycles. The second kappa shape index (κ2) is 6.86. The SMILES string of the molecule is C=C(C)[C@@H](CC=O)OCc1ccc(OC)cc1. The standard InChI is InChI=1S/C14H18O3/c1-11(2)14(8-9-15)17-10-12-4-6-13(16-3)7-5-12/h4-7,9,14H,1,8,10H2,2-3H3/t14-/m1/s1. The first kappa shape index (κ1) is 13.5. The zero-order valence-electron chi connectivity index (χ0n) is 10.3. The summed E-state index contributed by atoms with van der Waals surface area (Å²) in [4.78, 5) is 10.5. The molecule has 0 radical (unpaired) electrons. The van der Waals surface area contributed by atoms with Crippen LogP contribution in [-0.4, -0.2) is 19.5 Å². The van der Waals surface area contributed by atoms with Crippen LogP contribution in [0.5, 0.6) is 5.75 Å². The quantitative estimate of drug-likeness (QED) is 0.537. The first-order valence-electron chi connectivity index (χ1n) is 5.51. The van der Waals surface area contributed by atoms with Gasteiger partial charge >= 0.3 is 0 Å². The van der Waals surface area contributed by atoms with Crippen molar-refractivity contribution in [1.29, 1.82) is 0 Å². The van der Waals surface area contributed by atoms with Crippen LogP contribution in [0, 0.1) is 0 Å². The number of methoxy groups -OCH3 is 1. The van der Waals surface area contributed by atoms with Crippen LogP contribution >= 0.6 is 0 Å². The molecular weight excluding hydrogens is 216 g/mol. The molecule has 0 amide bonds. The van der Waals surface area contributed by atoms with Gasteiger partial charge in [-0.2, -0.15) is 0 Å². The summed E-state index contributed by atoms with van der Waals surface area (Å²) in [5.74, 6) is 0.818. The summed E-state index contributed by atoms with van der Waals surface area (Å²) in [6, 6.07) is 7.65. The first-order valence-corrected chi connectivity index (χ1v) is 5.51. The van der Waals surface area contributed by atoms with Crippen LogP contribution in [0.1, 0.15) is 18.9 Å². The van der Waals surface area contributed by atoms with E-state index < -0.39 is 0 Å². The Labute approximate surface area is 102 Å². The third-order valence-electron chi connectivity index (χ3n) is 2.47. The van der Waals surface area contributed by atoms with Gasteiger partial charge in [0, 0.05) is 6.42 Å². The molecule has 0 N–H and O–H groups in total. The minimum Gasteiger partial charge on any atom is -0.497 e. The van der Waals surface area contributed by atoms with E-state index in [-0.39, 0.29) is 6.10 Å². The highest BCUT2D eigenvalue weighted by Crippen LogP contribution is 2.14. The van der Waals surface area contributed by atoms with E-state index in [1.54, 1.807) is 7.11 Å². The normalized spacial score (nSPS) is 11.9. The number of carbonyl (C=O) groups is 1. The van der Waals surface area contributed by atoms with Crippen molar-refractivity contribution in [3.8, 4) is 5.75 Å². The van der Waals surface area contributed by atoms with Crippen molar-refractivity contribution in [2.45, 2.75) is 26.1 Å².